The van der Waals surface area contributed by atoms with Gasteiger partial charge in [0, 0.05) is 19.1 Å². The molecule has 0 spiro atoms. The van der Waals surface area contributed by atoms with Crippen molar-refractivity contribution in [1.82, 2.24) is 5.32 Å². The number of nitrogens with one attached hydrogen (secondary N) is 1. The van der Waals surface area contributed by atoms with Crippen molar-refractivity contribution in [3.63, 3.8) is 0 Å². The smallest absolute Gasteiger partial charge is 0.306 e. The van der Waals surface area contributed by atoms with Gasteiger partial charge in [-0.3, -0.25) is 9.59 Å². The van der Waals surface area contributed by atoms with E-state index in [4.69, 9.17) is 9.84 Å². The van der Waals surface area contributed by atoms with E-state index in [0.717, 1.165) is 0 Å². The van der Waals surface area contributed by atoms with Crippen LogP contribution in [0.25, 0.3) is 0 Å². The van der Waals surface area contributed by atoms with Crippen LogP contribution in [0.4, 0.5) is 0 Å². The lowest BCUT2D eigenvalue weighted by Crippen LogP contribution is -2.43. The molecule has 0 unspecified atom stereocenters. The van der Waals surface area contributed by atoms with Crippen molar-refractivity contribution >= 4 is 11.9 Å². The second kappa shape index (κ2) is 6.89. The number of rotatable bonds is 6. The van der Waals surface area contributed by atoms with Crippen molar-refractivity contribution in [2.45, 2.75) is 52.1 Å². The summed E-state index contributed by atoms with van der Waals surface area (Å²) in [5.74, 6) is -1.04. The summed E-state index contributed by atoms with van der Waals surface area (Å²) < 4.78 is 5.52. The maximum Gasteiger partial charge on any atom is 0.306 e. The Morgan fingerprint density at radius 2 is 1.74 bits per heavy atom. The van der Waals surface area contributed by atoms with Crippen molar-refractivity contribution in [2.24, 2.45) is 11.8 Å². The van der Waals surface area contributed by atoms with Crippen LogP contribution in [0.5, 0.6) is 0 Å². The molecule has 0 radical (unpaired) electrons. The van der Waals surface area contributed by atoms with Gasteiger partial charge in [-0.2, -0.15) is 0 Å². The van der Waals surface area contributed by atoms with Gasteiger partial charge >= 0.3 is 5.97 Å². The molecule has 0 aromatic carbocycles. The van der Waals surface area contributed by atoms with E-state index in [1.807, 2.05) is 20.8 Å². The Kier molecular flexibility index (Phi) is 5.79. The van der Waals surface area contributed by atoms with E-state index in [-0.39, 0.29) is 23.3 Å². The first kappa shape index (κ1) is 16.0. The van der Waals surface area contributed by atoms with Gasteiger partial charge in [-0.15, -0.1) is 0 Å². The van der Waals surface area contributed by atoms with E-state index < -0.39 is 5.97 Å². The van der Waals surface area contributed by atoms with Crippen LogP contribution in [0, 0.1) is 11.8 Å². The van der Waals surface area contributed by atoms with Gasteiger partial charge in [-0.05, 0) is 46.5 Å². The van der Waals surface area contributed by atoms with E-state index >= 15 is 0 Å². The lowest BCUT2D eigenvalue weighted by atomic mass is 9.81. The first-order valence-corrected chi connectivity index (χ1v) is 7.00. The molecular formula is C14H25NO4. The molecule has 5 nitrogen and oxygen atoms in total. The second-order valence-electron chi connectivity index (χ2n) is 5.80. The molecule has 1 amide bonds. The Morgan fingerprint density at radius 1 is 1.21 bits per heavy atom. The molecular weight excluding hydrogens is 246 g/mol. The first-order chi connectivity index (χ1) is 8.85. The molecule has 1 rings (SSSR count). The average molecular weight is 271 g/mol. The van der Waals surface area contributed by atoms with Gasteiger partial charge in [0.15, 0.2) is 0 Å². The quantitative estimate of drug-likeness (QED) is 0.772. The van der Waals surface area contributed by atoms with Crippen LogP contribution in [0.15, 0.2) is 0 Å². The molecule has 1 fully saturated rings. The molecule has 2 N–H and O–H groups in total. The monoisotopic (exact) mass is 271 g/mol. The average Bonchev–Trinajstić information content (AvgIpc) is 2.36. The fraction of sp³-hybridized carbons (Fsp3) is 0.857. The number of carboxylic acid groups (broad SMARTS) is 1. The number of carboxylic acids is 1. The van der Waals surface area contributed by atoms with Crippen LogP contribution in [0.1, 0.15) is 46.5 Å². The van der Waals surface area contributed by atoms with E-state index in [1.165, 1.54) is 0 Å². The third-order valence-corrected chi connectivity index (χ3v) is 3.67. The molecule has 0 bridgehead atoms. The van der Waals surface area contributed by atoms with Crippen molar-refractivity contribution in [1.29, 1.82) is 0 Å². The van der Waals surface area contributed by atoms with Gasteiger partial charge in [0.2, 0.25) is 5.91 Å². The van der Waals surface area contributed by atoms with E-state index in [9.17, 15) is 9.59 Å². The maximum absolute atomic E-state index is 12.0. The fourth-order valence-corrected chi connectivity index (χ4v) is 2.49. The van der Waals surface area contributed by atoms with Gasteiger partial charge in [-0.1, -0.05) is 0 Å². The van der Waals surface area contributed by atoms with Crippen LogP contribution < -0.4 is 5.32 Å². The predicted molar refractivity (Wildman–Crippen MR) is 71.8 cm³/mol. The lowest BCUT2D eigenvalue weighted by molar-refractivity contribution is -0.144. The van der Waals surface area contributed by atoms with Gasteiger partial charge < -0.3 is 15.2 Å². The van der Waals surface area contributed by atoms with Gasteiger partial charge in [0.05, 0.1) is 11.5 Å². The number of carbonyl (C=O) groups is 2. The highest BCUT2D eigenvalue weighted by Crippen LogP contribution is 2.29. The van der Waals surface area contributed by atoms with Gasteiger partial charge in [-0.25, -0.2) is 0 Å². The third-order valence-electron chi connectivity index (χ3n) is 3.67. The Labute approximate surface area is 114 Å². The van der Waals surface area contributed by atoms with E-state index in [2.05, 4.69) is 5.32 Å². The number of hydrogen-bond donors (Lipinski definition) is 2. The molecule has 19 heavy (non-hydrogen) atoms. The number of ether oxygens (including phenoxy) is 1. The van der Waals surface area contributed by atoms with Gasteiger partial charge in [0.1, 0.15) is 0 Å². The molecule has 1 aliphatic rings. The van der Waals surface area contributed by atoms with Crippen molar-refractivity contribution in [3.05, 3.63) is 0 Å². The highest BCUT2D eigenvalue weighted by Gasteiger charge is 2.30. The minimum Gasteiger partial charge on any atom is -0.481 e. The highest BCUT2D eigenvalue weighted by molar-refractivity contribution is 5.79. The minimum absolute atomic E-state index is 0.0246. The first-order valence-electron chi connectivity index (χ1n) is 7.00. The molecule has 0 atom stereocenters. The standard InChI is InChI=1S/C14H25NO4/c1-4-19-14(2,3)9-15-12(16)10-5-7-11(8-6-10)13(17)18/h10-11H,4-9H2,1-3H3,(H,15,16)(H,17,18). The largest absolute Gasteiger partial charge is 0.481 e. The highest BCUT2D eigenvalue weighted by atomic mass is 16.5. The Balaban J connectivity index is 2.34. The van der Waals surface area contributed by atoms with Crippen LogP contribution >= 0.6 is 0 Å². The molecule has 0 aliphatic heterocycles. The SMILES string of the molecule is CCOC(C)(C)CNC(=O)C1CCC(C(=O)O)CC1. The Morgan fingerprint density at radius 3 is 2.21 bits per heavy atom. The second-order valence-corrected chi connectivity index (χ2v) is 5.80. The summed E-state index contributed by atoms with van der Waals surface area (Å²) in [5.41, 5.74) is -0.358. The minimum atomic E-state index is -0.740. The summed E-state index contributed by atoms with van der Waals surface area (Å²) in [4.78, 5) is 22.9. The third kappa shape index (κ3) is 5.19. The van der Waals surface area contributed by atoms with Crippen molar-refractivity contribution < 1.29 is 19.4 Å². The summed E-state index contributed by atoms with van der Waals surface area (Å²) in [5, 5.41) is 11.8. The summed E-state index contributed by atoms with van der Waals surface area (Å²) in [7, 11) is 0. The normalized spacial score (nSPS) is 23.9. The molecule has 0 aromatic rings. The number of carbonyl (C=O) groups excluding carboxylic acids is 1. The predicted octanol–water partition coefficient (Wildman–Crippen LogP) is 1.81. The molecule has 1 saturated carbocycles. The van der Waals surface area contributed by atoms with Crippen LogP contribution in [0.2, 0.25) is 0 Å². The van der Waals surface area contributed by atoms with Crippen LogP contribution in [-0.2, 0) is 14.3 Å². The number of amides is 1. The summed E-state index contributed by atoms with van der Waals surface area (Å²) in [6.45, 7) is 6.91. The Bertz CT molecular complexity index is 319. The fourth-order valence-electron chi connectivity index (χ4n) is 2.49. The molecule has 5 heteroatoms. The zero-order valence-electron chi connectivity index (χ0n) is 12.1. The summed E-state index contributed by atoms with van der Waals surface area (Å²) >= 11 is 0. The maximum atomic E-state index is 12.0. The zero-order chi connectivity index (χ0) is 14.5. The van der Waals surface area contributed by atoms with Crippen LogP contribution in [0.3, 0.4) is 0 Å². The summed E-state index contributed by atoms with van der Waals surface area (Å²) in [6, 6.07) is 0. The number of aliphatic carboxylic acids is 1. The zero-order valence-corrected chi connectivity index (χ0v) is 12.1. The number of hydrogen-bond acceptors (Lipinski definition) is 3. The van der Waals surface area contributed by atoms with Gasteiger partial charge in [0.25, 0.3) is 0 Å². The van der Waals surface area contributed by atoms with Crippen molar-refractivity contribution in [2.75, 3.05) is 13.2 Å². The molecule has 0 saturated heterocycles. The molecule has 1 aliphatic carbocycles. The van der Waals surface area contributed by atoms with Crippen molar-refractivity contribution in [3.8, 4) is 0 Å². The Hall–Kier alpha value is -1.10. The van der Waals surface area contributed by atoms with E-state index in [0.29, 0.717) is 38.8 Å². The molecule has 0 aromatic heterocycles. The van der Waals surface area contributed by atoms with Crippen LogP contribution in [-0.4, -0.2) is 35.7 Å². The van der Waals surface area contributed by atoms with E-state index in [1.54, 1.807) is 0 Å². The molecule has 110 valence electrons. The molecule has 0 heterocycles. The lowest BCUT2D eigenvalue weighted by Gasteiger charge is -2.28. The topological polar surface area (TPSA) is 75.6 Å². The summed E-state index contributed by atoms with van der Waals surface area (Å²) in [6.07, 6.45) is 2.53.